The molecular weight excluding hydrogens is 482 g/mol. The smallest absolute Gasteiger partial charge is 0.175 e. The highest BCUT2D eigenvalue weighted by Gasteiger charge is 2.49. The van der Waals surface area contributed by atoms with Gasteiger partial charge in [-0.15, -0.1) is 0 Å². The molecule has 7 rings (SSSR count). The van der Waals surface area contributed by atoms with Gasteiger partial charge in [-0.1, -0.05) is 84.9 Å². The molecule has 4 nitrogen and oxygen atoms in total. The second-order valence-electron chi connectivity index (χ2n) is 8.92. The van der Waals surface area contributed by atoms with Crippen molar-refractivity contribution in [1.29, 1.82) is 0 Å². The Hall–Kier alpha value is -3.84. The Morgan fingerprint density at radius 1 is 0.472 bits per heavy atom. The third-order valence-electron chi connectivity index (χ3n) is 7.11. The van der Waals surface area contributed by atoms with Crippen molar-refractivity contribution in [1.82, 2.24) is 9.97 Å². The van der Waals surface area contributed by atoms with Crippen molar-refractivity contribution >= 4 is 51.7 Å². The van der Waals surface area contributed by atoms with Crippen molar-refractivity contribution in [2.24, 2.45) is 0 Å². The number of nitrogens with zero attached hydrogens (tertiary/aromatic N) is 2. The first-order valence-corrected chi connectivity index (χ1v) is 15.1. The zero-order valence-corrected chi connectivity index (χ0v) is 20.9. The van der Waals surface area contributed by atoms with Gasteiger partial charge in [-0.2, -0.15) is 0 Å². The minimum atomic E-state index is -3.39. The summed E-state index contributed by atoms with van der Waals surface area (Å²) in [6.45, 7) is 0. The average Bonchev–Trinajstić information content (AvgIpc) is 3.17. The van der Waals surface area contributed by atoms with Crippen LogP contribution in [0, 0.1) is 0 Å². The minimum absolute atomic E-state index is 0.597. The Labute approximate surface area is 209 Å². The fourth-order valence-electron chi connectivity index (χ4n) is 5.58. The lowest BCUT2D eigenvalue weighted by atomic mass is 9.97. The minimum Gasteiger partial charge on any atom is -0.309 e. The van der Waals surface area contributed by atoms with Gasteiger partial charge in [0.25, 0.3) is 0 Å². The van der Waals surface area contributed by atoms with Crippen LogP contribution < -0.4 is 26.5 Å². The number of hydrogen-bond donors (Lipinski definition) is 0. The highest BCUT2D eigenvalue weighted by molar-refractivity contribution is 7.89. The summed E-state index contributed by atoms with van der Waals surface area (Å²) < 4.78 is 30.9. The fourth-order valence-corrected chi connectivity index (χ4v) is 11.9. The molecule has 3 aromatic carbocycles. The molecule has 4 heterocycles. The first-order valence-electron chi connectivity index (χ1n) is 11.7. The predicted octanol–water partition coefficient (Wildman–Crippen LogP) is 4.67. The van der Waals surface area contributed by atoms with E-state index in [9.17, 15) is 0 Å². The number of rotatable bonds is 2. The lowest BCUT2D eigenvalue weighted by molar-refractivity contribution is 0.592. The van der Waals surface area contributed by atoms with Gasteiger partial charge < -0.3 is 9.13 Å². The van der Waals surface area contributed by atoms with E-state index in [0.717, 1.165) is 38.2 Å². The van der Waals surface area contributed by atoms with Gasteiger partial charge in [-0.25, -0.2) is 0 Å². The third-order valence-corrected chi connectivity index (χ3v) is 13.4. The van der Waals surface area contributed by atoms with E-state index in [0.29, 0.717) is 15.9 Å². The monoisotopic (exact) mass is 502 g/mol. The summed E-state index contributed by atoms with van der Waals surface area (Å²) in [5, 5.41) is 4.25. The first kappa shape index (κ1) is 21.4. The normalized spacial score (nSPS) is 21.7. The zero-order chi connectivity index (χ0) is 24.3. The molecule has 2 unspecified atom stereocenters. The van der Waals surface area contributed by atoms with Crippen molar-refractivity contribution in [2.45, 2.75) is 0 Å². The molecule has 2 aromatic heterocycles. The Morgan fingerprint density at radius 2 is 0.972 bits per heavy atom. The number of aromatic nitrogens is 2. The molecule has 0 amide bonds. The fraction of sp³-hybridized carbons (Fsp3) is 0. The molecule has 0 saturated heterocycles. The average molecular weight is 502 g/mol. The van der Waals surface area contributed by atoms with E-state index < -0.39 is 14.3 Å². The molecule has 2 atom stereocenters. The largest absolute Gasteiger partial charge is 0.309 e. The van der Waals surface area contributed by atoms with E-state index in [1.54, 1.807) is 24.8 Å². The Bertz CT molecular complexity index is 1800. The van der Waals surface area contributed by atoms with E-state index in [-0.39, 0.29) is 0 Å². The molecule has 6 heteroatoms. The molecule has 0 aliphatic carbocycles. The summed E-state index contributed by atoms with van der Waals surface area (Å²) in [4.78, 5) is 8.83. The third kappa shape index (κ3) is 2.72. The second kappa shape index (κ2) is 7.83. The van der Waals surface area contributed by atoms with Gasteiger partial charge in [-0.3, -0.25) is 9.97 Å². The maximum absolute atomic E-state index is 15.5. The van der Waals surface area contributed by atoms with E-state index in [4.69, 9.17) is 0 Å². The highest BCUT2D eigenvalue weighted by Crippen LogP contribution is 2.67. The first-order chi connectivity index (χ1) is 17.6. The van der Waals surface area contributed by atoms with Gasteiger partial charge in [-0.05, 0) is 23.3 Å². The lowest BCUT2D eigenvalue weighted by Crippen LogP contribution is -2.29. The maximum Gasteiger partial charge on any atom is 0.175 e. The molecular formula is C30H20N2O2P2. The number of fused-ring (bicyclic) bond motifs is 6. The molecule has 0 fully saturated rings. The van der Waals surface area contributed by atoms with E-state index in [1.807, 2.05) is 97.1 Å². The quantitative estimate of drug-likeness (QED) is 0.329. The molecule has 0 N–H and O–H groups in total. The number of benzene rings is 3. The SMILES string of the molecule is O=P1(c2ccccc2)C2=C(c3ccccc31)c1ccncc1P(=O)(c1ccccc1)c1cnccc12. The van der Waals surface area contributed by atoms with Crippen LogP contribution in [0.5, 0.6) is 0 Å². The molecule has 36 heavy (non-hydrogen) atoms. The van der Waals surface area contributed by atoms with Gasteiger partial charge in [0.2, 0.25) is 0 Å². The summed E-state index contributed by atoms with van der Waals surface area (Å²) >= 11 is 0. The summed E-state index contributed by atoms with van der Waals surface area (Å²) in [6.07, 6.45) is 6.82. The van der Waals surface area contributed by atoms with Crippen LogP contribution in [0.4, 0.5) is 0 Å². The Morgan fingerprint density at radius 3 is 1.64 bits per heavy atom. The Kier molecular flexibility index (Phi) is 4.66. The zero-order valence-electron chi connectivity index (χ0n) is 19.2. The van der Waals surface area contributed by atoms with Crippen LogP contribution in [0.3, 0.4) is 0 Å². The predicted molar refractivity (Wildman–Crippen MR) is 147 cm³/mol. The molecule has 2 aliphatic rings. The second-order valence-corrected chi connectivity index (χ2v) is 14.3. The van der Waals surface area contributed by atoms with E-state index in [1.165, 1.54) is 0 Å². The van der Waals surface area contributed by atoms with Gasteiger partial charge in [0.15, 0.2) is 14.3 Å². The van der Waals surface area contributed by atoms with Crippen molar-refractivity contribution < 1.29 is 9.13 Å². The van der Waals surface area contributed by atoms with Crippen LogP contribution in [-0.2, 0) is 9.13 Å². The summed E-state index contributed by atoms with van der Waals surface area (Å²) in [6, 6.07) is 30.9. The van der Waals surface area contributed by atoms with Crippen LogP contribution in [0.15, 0.2) is 122 Å². The number of pyridine rings is 2. The molecule has 5 aromatic rings. The van der Waals surface area contributed by atoms with Crippen molar-refractivity contribution in [3.8, 4) is 0 Å². The lowest BCUT2D eigenvalue weighted by Gasteiger charge is -2.24. The van der Waals surface area contributed by atoms with Gasteiger partial charge in [0.1, 0.15) is 0 Å². The summed E-state index contributed by atoms with van der Waals surface area (Å²) in [7, 11) is -6.69. The molecule has 0 saturated carbocycles. The van der Waals surface area contributed by atoms with Gasteiger partial charge in [0.05, 0.1) is 0 Å². The standard InChI is InChI=1S/C30H20N2O2P2/c33-35(21-9-3-1-4-10-21)27-19-31-17-15-24(27)29-23-13-7-8-14-26(23)36(34,22-11-5-2-6-12-22)30(29)25-16-18-32-20-28(25)35/h1-20H. The number of hydrogen-bond acceptors (Lipinski definition) is 4. The van der Waals surface area contributed by atoms with Crippen LogP contribution in [-0.4, -0.2) is 9.97 Å². The summed E-state index contributed by atoms with van der Waals surface area (Å²) in [5.74, 6) is 0. The van der Waals surface area contributed by atoms with Crippen molar-refractivity contribution in [3.63, 3.8) is 0 Å². The van der Waals surface area contributed by atoms with Gasteiger partial charge in [0, 0.05) is 67.8 Å². The van der Waals surface area contributed by atoms with E-state index in [2.05, 4.69) is 9.97 Å². The van der Waals surface area contributed by atoms with Crippen LogP contribution in [0.1, 0.15) is 16.7 Å². The highest BCUT2D eigenvalue weighted by atomic mass is 31.2. The van der Waals surface area contributed by atoms with Crippen LogP contribution in [0.25, 0.3) is 10.9 Å². The molecule has 0 spiro atoms. The topological polar surface area (TPSA) is 59.9 Å². The maximum atomic E-state index is 15.5. The summed E-state index contributed by atoms with van der Waals surface area (Å²) in [5.41, 5.74) is 3.32. The Balaban J connectivity index is 1.71. The van der Waals surface area contributed by atoms with Crippen LogP contribution >= 0.6 is 14.3 Å². The molecule has 172 valence electrons. The van der Waals surface area contributed by atoms with E-state index >= 15 is 9.13 Å². The molecule has 0 bridgehead atoms. The molecule has 2 aliphatic heterocycles. The molecule has 0 radical (unpaired) electrons. The van der Waals surface area contributed by atoms with Crippen molar-refractivity contribution in [3.05, 3.63) is 139 Å². The van der Waals surface area contributed by atoms with Crippen LogP contribution in [0.2, 0.25) is 0 Å². The van der Waals surface area contributed by atoms with Crippen molar-refractivity contribution in [2.75, 3.05) is 0 Å². The van der Waals surface area contributed by atoms with Gasteiger partial charge >= 0.3 is 0 Å².